The fraction of sp³-hybridized carbons (Fsp3) is 0.500. The molecule has 1 fully saturated rings. The topological polar surface area (TPSA) is 58.2 Å². The monoisotopic (exact) mass is 287 g/mol. The smallest absolute Gasteiger partial charge is 0.309 e. The van der Waals surface area contributed by atoms with Crippen LogP contribution in [0, 0.1) is 5.92 Å². The molecule has 2 aromatic heterocycles. The summed E-state index contributed by atoms with van der Waals surface area (Å²) in [5.41, 5.74) is 2.21. The van der Waals surface area contributed by atoms with Crippen LogP contribution in [-0.2, 0) is 16.1 Å². The van der Waals surface area contributed by atoms with Crippen molar-refractivity contribution in [3.05, 3.63) is 30.1 Å². The third-order valence-electron chi connectivity index (χ3n) is 4.14. The Balaban J connectivity index is 1.59. The Morgan fingerprint density at radius 2 is 2.29 bits per heavy atom. The number of carbonyl (C=O) groups is 1. The summed E-state index contributed by atoms with van der Waals surface area (Å²) in [6, 6.07) is 4.06. The number of H-pyrrole nitrogens is 1. The van der Waals surface area contributed by atoms with Gasteiger partial charge in [-0.1, -0.05) is 0 Å². The van der Waals surface area contributed by atoms with Crippen molar-refractivity contribution in [1.82, 2.24) is 14.9 Å². The first-order valence-electron chi connectivity index (χ1n) is 7.58. The lowest BCUT2D eigenvalue weighted by molar-refractivity contribution is -0.149. The molecule has 5 nitrogen and oxygen atoms in total. The highest BCUT2D eigenvalue weighted by Crippen LogP contribution is 2.23. The zero-order chi connectivity index (χ0) is 14.7. The minimum Gasteiger partial charge on any atom is -0.466 e. The number of ether oxygens (including phenoxy) is 1. The van der Waals surface area contributed by atoms with Crippen LogP contribution in [0.25, 0.3) is 11.0 Å². The number of aromatic amines is 1. The fourth-order valence-electron chi connectivity index (χ4n) is 2.97. The molecule has 0 spiro atoms. The van der Waals surface area contributed by atoms with E-state index in [0.717, 1.165) is 38.1 Å². The van der Waals surface area contributed by atoms with Gasteiger partial charge in [0.25, 0.3) is 0 Å². The van der Waals surface area contributed by atoms with Crippen molar-refractivity contribution in [1.29, 1.82) is 0 Å². The molecular formula is C16H21N3O2. The van der Waals surface area contributed by atoms with E-state index in [1.165, 1.54) is 10.9 Å². The standard InChI is InChI=1S/C16H21N3O2/c1-2-21-16(20)12-5-8-19(9-6-12)11-13-10-18-15-14(13)4-3-7-17-15/h3-4,7,10,12H,2,5-6,8-9,11H2,1H3,(H,17,18). The summed E-state index contributed by atoms with van der Waals surface area (Å²) in [5.74, 6) is 0.0410. The summed E-state index contributed by atoms with van der Waals surface area (Å²) in [6.45, 7) is 5.12. The van der Waals surface area contributed by atoms with Crippen LogP contribution in [0.15, 0.2) is 24.5 Å². The van der Waals surface area contributed by atoms with E-state index in [9.17, 15) is 4.79 Å². The van der Waals surface area contributed by atoms with Gasteiger partial charge in [-0.3, -0.25) is 9.69 Å². The first-order valence-corrected chi connectivity index (χ1v) is 7.58. The highest BCUT2D eigenvalue weighted by Gasteiger charge is 2.26. The molecule has 1 aliphatic rings. The number of nitrogens with one attached hydrogen (secondary N) is 1. The number of aromatic nitrogens is 2. The number of esters is 1. The molecule has 0 saturated carbocycles. The fourth-order valence-corrected chi connectivity index (χ4v) is 2.97. The van der Waals surface area contributed by atoms with Gasteiger partial charge in [0, 0.05) is 24.3 Å². The number of hydrogen-bond acceptors (Lipinski definition) is 4. The van der Waals surface area contributed by atoms with Gasteiger partial charge in [-0.25, -0.2) is 4.98 Å². The van der Waals surface area contributed by atoms with E-state index in [4.69, 9.17) is 4.74 Å². The van der Waals surface area contributed by atoms with Crippen molar-refractivity contribution < 1.29 is 9.53 Å². The van der Waals surface area contributed by atoms with Crippen LogP contribution >= 0.6 is 0 Å². The maximum atomic E-state index is 11.7. The zero-order valence-corrected chi connectivity index (χ0v) is 12.3. The van der Waals surface area contributed by atoms with Gasteiger partial charge in [0.2, 0.25) is 0 Å². The molecule has 21 heavy (non-hydrogen) atoms. The van der Waals surface area contributed by atoms with Crippen molar-refractivity contribution in [3.63, 3.8) is 0 Å². The van der Waals surface area contributed by atoms with E-state index in [-0.39, 0.29) is 11.9 Å². The van der Waals surface area contributed by atoms with Crippen molar-refractivity contribution in [3.8, 4) is 0 Å². The molecule has 3 rings (SSSR count). The Hall–Kier alpha value is -1.88. The average Bonchev–Trinajstić information content (AvgIpc) is 2.92. The molecule has 0 aromatic carbocycles. The van der Waals surface area contributed by atoms with Gasteiger partial charge in [0.1, 0.15) is 5.65 Å². The minimum atomic E-state index is -0.0338. The van der Waals surface area contributed by atoms with Gasteiger partial charge in [-0.2, -0.15) is 0 Å². The first-order chi connectivity index (χ1) is 10.3. The normalized spacial score (nSPS) is 17.2. The van der Waals surface area contributed by atoms with E-state index in [1.807, 2.05) is 19.2 Å². The Bertz CT molecular complexity index is 615. The molecule has 5 heteroatoms. The minimum absolute atomic E-state index is 0.0338. The molecule has 3 heterocycles. The summed E-state index contributed by atoms with van der Waals surface area (Å²) in [5, 5.41) is 1.19. The second-order valence-corrected chi connectivity index (χ2v) is 5.52. The van der Waals surface area contributed by atoms with Gasteiger partial charge < -0.3 is 9.72 Å². The average molecular weight is 287 g/mol. The van der Waals surface area contributed by atoms with Crippen LogP contribution in [0.5, 0.6) is 0 Å². The lowest BCUT2D eigenvalue weighted by Crippen LogP contribution is -2.36. The van der Waals surface area contributed by atoms with Crippen LogP contribution < -0.4 is 0 Å². The predicted octanol–water partition coefficient (Wildman–Crippen LogP) is 2.34. The van der Waals surface area contributed by atoms with E-state index < -0.39 is 0 Å². The number of pyridine rings is 1. The van der Waals surface area contributed by atoms with Crippen LogP contribution in [0.3, 0.4) is 0 Å². The molecule has 1 N–H and O–H groups in total. The lowest BCUT2D eigenvalue weighted by Gasteiger charge is -2.30. The van der Waals surface area contributed by atoms with Gasteiger partial charge in [0.15, 0.2) is 0 Å². The van der Waals surface area contributed by atoms with E-state index in [1.54, 1.807) is 6.20 Å². The van der Waals surface area contributed by atoms with Crippen LogP contribution in [0.4, 0.5) is 0 Å². The van der Waals surface area contributed by atoms with Crippen molar-refractivity contribution in [2.24, 2.45) is 5.92 Å². The molecule has 0 unspecified atom stereocenters. The van der Waals surface area contributed by atoms with Gasteiger partial charge in [-0.05, 0) is 50.6 Å². The van der Waals surface area contributed by atoms with Crippen molar-refractivity contribution >= 4 is 17.0 Å². The van der Waals surface area contributed by atoms with Gasteiger partial charge in [0.05, 0.1) is 12.5 Å². The lowest BCUT2D eigenvalue weighted by atomic mass is 9.96. The molecule has 0 amide bonds. The summed E-state index contributed by atoms with van der Waals surface area (Å²) < 4.78 is 5.11. The number of rotatable bonds is 4. The highest BCUT2D eigenvalue weighted by molar-refractivity contribution is 5.79. The van der Waals surface area contributed by atoms with Gasteiger partial charge in [-0.15, -0.1) is 0 Å². The maximum absolute atomic E-state index is 11.7. The Kier molecular flexibility index (Phi) is 4.20. The molecule has 0 atom stereocenters. The largest absolute Gasteiger partial charge is 0.466 e. The number of carbonyl (C=O) groups excluding carboxylic acids is 1. The molecule has 0 radical (unpaired) electrons. The second-order valence-electron chi connectivity index (χ2n) is 5.52. The van der Waals surface area contributed by atoms with E-state index >= 15 is 0 Å². The van der Waals surface area contributed by atoms with E-state index in [2.05, 4.69) is 20.9 Å². The first kappa shape index (κ1) is 14.1. The Labute approximate surface area is 124 Å². The van der Waals surface area contributed by atoms with Gasteiger partial charge >= 0.3 is 5.97 Å². The van der Waals surface area contributed by atoms with E-state index in [0.29, 0.717) is 6.61 Å². The number of nitrogens with zero attached hydrogens (tertiary/aromatic N) is 2. The molecule has 0 aliphatic carbocycles. The maximum Gasteiger partial charge on any atom is 0.309 e. The predicted molar refractivity (Wildman–Crippen MR) is 80.7 cm³/mol. The number of likely N-dealkylation sites (tertiary alicyclic amines) is 1. The van der Waals surface area contributed by atoms with Crippen LogP contribution in [0.2, 0.25) is 0 Å². The zero-order valence-electron chi connectivity index (χ0n) is 12.3. The quantitative estimate of drug-likeness (QED) is 0.877. The van der Waals surface area contributed by atoms with Crippen LogP contribution in [-0.4, -0.2) is 40.5 Å². The molecule has 1 aliphatic heterocycles. The molecule has 0 bridgehead atoms. The summed E-state index contributed by atoms with van der Waals surface area (Å²) >= 11 is 0. The molecular weight excluding hydrogens is 266 g/mol. The second kappa shape index (κ2) is 6.26. The third-order valence-corrected chi connectivity index (χ3v) is 4.14. The Morgan fingerprint density at radius 1 is 1.48 bits per heavy atom. The third kappa shape index (κ3) is 3.08. The summed E-state index contributed by atoms with van der Waals surface area (Å²) in [7, 11) is 0. The summed E-state index contributed by atoms with van der Waals surface area (Å²) in [6.07, 6.45) is 5.61. The molecule has 2 aromatic rings. The van der Waals surface area contributed by atoms with Crippen molar-refractivity contribution in [2.75, 3.05) is 19.7 Å². The van der Waals surface area contributed by atoms with Crippen LogP contribution in [0.1, 0.15) is 25.3 Å². The van der Waals surface area contributed by atoms with Crippen molar-refractivity contribution in [2.45, 2.75) is 26.3 Å². The molecule has 1 saturated heterocycles. The molecule has 112 valence electrons. The SMILES string of the molecule is CCOC(=O)C1CCN(Cc2c[nH]c3ncccc23)CC1. The number of hydrogen-bond donors (Lipinski definition) is 1. The highest BCUT2D eigenvalue weighted by atomic mass is 16.5. The summed E-state index contributed by atoms with van der Waals surface area (Å²) in [4.78, 5) is 21.7. The number of fused-ring (bicyclic) bond motifs is 1. The number of piperidine rings is 1. The Morgan fingerprint density at radius 3 is 3.05 bits per heavy atom.